The Bertz CT molecular complexity index is 968. The van der Waals surface area contributed by atoms with Crippen LogP contribution in [0.25, 0.3) is 0 Å². The van der Waals surface area contributed by atoms with Crippen molar-refractivity contribution >= 4 is 46.4 Å². The molecule has 0 unspecified atom stereocenters. The molecular formula is C24H16Cl4. The normalized spacial score (nSPS) is 18.7. The van der Waals surface area contributed by atoms with Crippen molar-refractivity contribution in [3.8, 4) is 0 Å². The van der Waals surface area contributed by atoms with E-state index in [2.05, 4.69) is 24.3 Å². The van der Waals surface area contributed by atoms with Gasteiger partial charge in [0, 0.05) is 0 Å². The van der Waals surface area contributed by atoms with Gasteiger partial charge in [0.05, 0.1) is 20.1 Å². The molecule has 5 rings (SSSR count). The van der Waals surface area contributed by atoms with E-state index in [1.165, 1.54) is 44.5 Å². The third-order valence-electron chi connectivity index (χ3n) is 5.80. The summed E-state index contributed by atoms with van der Waals surface area (Å²) in [5, 5.41) is 2.50. The first-order valence-corrected chi connectivity index (χ1v) is 10.7. The van der Waals surface area contributed by atoms with E-state index in [-0.39, 0.29) is 0 Å². The Hall–Kier alpha value is -1.44. The summed E-state index contributed by atoms with van der Waals surface area (Å²) in [6.45, 7) is 0. The fourth-order valence-electron chi connectivity index (χ4n) is 4.26. The molecule has 0 saturated heterocycles. The second-order valence-corrected chi connectivity index (χ2v) is 9.17. The minimum absolute atomic E-state index is 0.624. The van der Waals surface area contributed by atoms with Gasteiger partial charge in [0.25, 0.3) is 0 Å². The van der Waals surface area contributed by atoms with E-state index in [1.54, 1.807) is 0 Å². The maximum absolute atomic E-state index is 6.23. The van der Waals surface area contributed by atoms with Crippen molar-refractivity contribution < 1.29 is 0 Å². The topological polar surface area (TPSA) is 0 Å². The zero-order valence-electron chi connectivity index (χ0n) is 15.0. The first-order valence-electron chi connectivity index (χ1n) is 9.22. The molecule has 0 saturated carbocycles. The van der Waals surface area contributed by atoms with E-state index < -0.39 is 0 Å². The highest BCUT2D eigenvalue weighted by Gasteiger charge is 2.21. The molecule has 0 radical (unpaired) electrons. The number of halogens is 4. The molecule has 140 valence electrons. The lowest BCUT2D eigenvalue weighted by Gasteiger charge is -2.25. The minimum Gasteiger partial charge on any atom is -0.0827 e. The standard InChI is InChI=1S/C24H16Cl4/c25-21-9-17-5-13-1-2-14-6-18-10-22(26)24(28)12-20(18)8-16(14)4-3-15(13)7-19(17)11-23(21)27/h1-4,9-12H,5-8H2/b2-1-,4-3?,13-1?,14-2?,15-3?,16-4?. The number of fused-ring (bicyclic) bond motifs is 2. The Balaban J connectivity index is 1.49. The first kappa shape index (κ1) is 18.6. The molecular weight excluding hydrogens is 430 g/mol. The SMILES string of the molecule is Clc1cc2c(cc1Cl)CC1=C(C=CC3=C(/C=C\1)Cc1cc(Cl)c(Cl)cc1C3)C2. The predicted molar refractivity (Wildman–Crippen MR) is 120 cm³/mol. The Morgan fingerprint density at radius 1 is 0.393 bits per heavy atom. The van der Waals surface area contributed by atoms with Crippen molar-refractivity contribution in [3.05, 3.63) is 113 Å². The van der Waals surface area contributed by atoms with Crippen LogP contribution in [0.5, 0.6) is 0 Å². The van der Waals surface area contributed by atoms with E-state index in [4.69, 9.17) is 46.4 Å². The van der Waals surface area contributed by atoms with Gasteiger partial charge in [0.15, 0.2) is 0 Å². The van der Waals surface area contributed by atoms with Crippen molar-refractivity contribution in [3.63, 3.8) is 0 Å². The third kappa shape index (κ3) is 3.27. The van der Waals surface area contributed by atoms with E-state index in [0.29, 0.717) is 20.1 Å². The van der Waals surface area contributed by atoms with Crippen LogP contribution in [0.2, 0.25) is 20.1 Å². The average Bonchev–Trinajstić information content (AvgIpc) is 2.65. The molecule has 0 N–H and O–H groups in total. The summed E-state index contributed by atoms with van der Waals surface area (Å²) in [4.78, 5) is 0. The molecule has 0 aromatic heterocycles. The molecule has 2 aromatic carbocycles. The Labute approximate surface area is 184 Å². The molecule has 0 aliphatic heterocycles. The molecule has 0 fully saturated rings. The zero-order valence-corrected chi connectivity index (χ0v) is 18.0. The van der Waals surface area contributed by atoms with Gasteiger partial charge < -0.3 is 0 Å². The molecule has 4 heteroatoms. The van der Waals surface area contributed by atoms with Crippen LogP contribution < -0.4 is 0 Å². The van der Waals surface area contributed by atoms with Gasteiger partial charge in [-0.25, -0.2) is 0 Å². The quantitative estimate of drug-likeness (QED) is 0.386. The van der Waals surface area contributed by atoms with Gasteiger partial charge >= 0.3 is 0 Å². The highest BCUT2D eigenvalue weighted by atomic mass is 35.5. The van der Waals surface area contributed by atoms with Gasteiger partial charge in [-0.2, -0.15) is 0 Å². The Kier molecular flexibility index (Phi) is 4.72. The van der Waals surface area contributed by atoms with Crippen LogP contribution in [0.15, 0.2) is 70.9 Å². The lowest BCUT2D eigenvalue weighted by atomic mass is 9.81. The van der Waals surface area contributed by atoms with Crippen molar-refractivity contribution in [2.45, 2.75) is 25.7 Å². The summed E-state index contributed by atoms with van der Waals surface area (Å²) < 4.78 is 0. The van der Waals surface area contributed by atoms with Crippen LogP contribution in [0.4, 0.5) is 0 Å². The smallest absolute Gasteiger partial charge is 0.0595 e. The maximum Gasteiger partial charge on any atom is 0.0595 e. The van der Waals surface area contributed by atoms with Crippen LogP contribution in [-0.4, -0.2) is 0 Å². The molecule has 2 aromatic rings. The fourth-order valence-corrected chi connectivity index (χ4v) is 5.00. The molecule has 0 bridgehead atoms. The highest BCUT2D eigenvalue weighted by Crippen LogP contribution is 2.37. The third-order valence-corrected chi connectivity index (χ3v) is 7.25. The van der Waals surface area contributed by atoms with Crippen LogP contribution in [0, 0.1) is 0 Å². The van der Waals surface area contributed by atoms with Crippen LogP contribution in [0.1, 0.15) is 22.3 Å². The Morgan fingerprint density at radius 2 is 0.607 bits per heavy atom. The predicted octanol–water partition coefficient (Wildman–Crippen LogP) is 7.92. The van der Waals surface area contributed by atoms with Crippen LogP contribution >= 0.6 is 46.4 Å². The second kappa shape index (κ2) is 7.11. The summed E-state index contributed by atoms with van der Waals surface area (Å²) in [5.74, 6) is 0. The largest absolute Gasteiger partial charge is 0.0827 e. The van der Waals surface area contributed by atoms with Gasteiger partial charge in [-0.3, -0.25) is 0 Å². The lowest BCUT2D eigenvalue weighted by Crippen LogP contribution is -2.11. The van der Waals surface area contributed by atoms with Crippen LogP contribution in [-0.2, 0) is 25.7 Å². The minimum atomic E-state index is 0.624. The van der Waals surface area contributed by atoms with E-state index >= 15 is 0 Å². The molecule has 0 atom stereocenters. The van der Waals surface area contributed by atoms with Crippen molar-refractivity contribution in [1.29, 1.82) is 0 Å². The highest BCUT2D eigenvalue weighted by molar-refractivity contribution is 6.42. The van der Waals surface area contributed by atoms with Crippen molar-refractivity contribution in [2.75, 3.05) is 0 Å². The summed E-state index contributed by atoms with van der Waals surface area (Å²) in [6.07, 6.45) is 12.6. The van der Waals surface area contributed by atoms with Gasteiger partial charge in [0.2, 0.25) is 0 Å². The zero-order chi connectivity index (χ0) is 19.4. The summed E-state index contributed by atoms with van der Waals surface area (Å²) >= 11 is 24.9. The van der Waals surface area contributed by atoms with Crippen LogP contribution in [0.3, 0.4) is 0 Å². The average molecular weight is 446 g/mol. The number of rotatable bonds is 0. The molecule has 3 aliphatic carbocycles. The maximum atomic E-state index is 6.23. The fraction of sp³-hybridized carbons (Fsp3) is 0.167. The van der Waals surface area contributed by atoms with Gasteiger partial charge in [-0.05, 0) is 94.5 Å². The van der Waals surface area contributed by atoms with E-state index in [9.17, 15) is 0 Å². The van der Waals surface area contributed by atoms with Gasteiger partial charge in [0.1, 0.15) is 0 Å². The number of benzene rings is 2. The monoisotopic (exact) mass is 444 g/mol. The van der Waals surface area contributed by atoms with Crippen molar-refractivity contribution in [2.24, 2.45) is 0 Å². The molecule has 0 heterocycles. The number of hydrogen-bond acceptors (Lipinski definition) is 0. The van der Waals surface area contributed by atoms with Crippen molar-refractivity contribution in [1.82, 2.24) is 0 Å². The molecule has 0 spiro atoms. The molecule has 28 heavy (non-hydrogen) atoms. The van der Waals surface area contributed by atoms with E-state index in [1.807, 2.05) is 24.3 Å². The van der Waals surface area contributed by atoms with Gasteiger partial charge in [-0.1, -0.05) is 70.7 Å². The molecule has 3 aliphatic rings. The number of hydrogen-bond donors (Lipinski definition) is 0. The Morgan fingerprint density at radius 3 is 0.821 bits per heavy atom. The summed E-state index contributed by atoms with van der Waals surface area (Å²) in [5.41, 5.74) is 10.4. The summed E-state index contributed by atoms with van der Waals surface area (Å²) in [7, 11) is 0. The second-order valence-electron chi connectivity index (χ2n) is 7.54. The van der Waals surface area contributed by atoms with Gasteiger partial charge in [-0.15, -0.1) is 0 Å². The van der Waals surface area contributed by atoms with E-state index in [0.717, 1.165) is 25.7 Å². The molecule has 0 nitrogen and oxygen atoms in total. The first-order chi connectivity index (χ1) is 13.5. The number of allylic oxidation sites excluding steroid dienone is 8. The lowest BCUT2D eigenvalue weighted by molar-refractivity contribution is 0.979. The molecule has 0 amide bonds. The summed E-state index contributed by atoms with van der Waals surface area (Å²) in [6, 6.07) is 8.03.